The van der Waals surface area contributed by atoms with Crippen LogP contribution in [0.2, 0.25) is 0 Å². The second-order valence-corrected chi connectivity index (χ2v) is 8.38. The van der Waals surface area contributed by atoms with E-state index in [9.17, 15) is 14.0 Å². The average molecular weight is 418 g/mol. The number of nitrogens with one attached hydrogen (secondary N) is 1. The van der Waals surface area contributed by atoms with Gasteiger partial charge in [-0.2, -0.15) is 0 Å². The van der Waals surface area contributed by atoms with E-state index in [1.54, 1.807) is 6.07 Å². The van der Waals surface area contributed by atoms with Crippen LogP contribution >= 0.6 is 11.3 Å². The Morgan fingerprint density at radius 3 is 2.79 bits per heavy atom. The lowest BCUT2D eigenvalue weighted by Crippen LogP contribution is -2.40. The predicted molar refractivity (Wildman–Crippen MR) is 108 cm³/mol. The molecule has 0 bridgehead atoms. The summed E-state index contributed by atoms with van der Waals surface area (Å²) in [5.41, 5.74) is 1.48. The summed E-state index contributed by atoms with van der Waals surface area (Å²) in [6.45, 7) is 2.38. The van der Waals surface area contributed by atoms with E-state index in [0.717, 1.165) is 16.9 Å². The largest absolute Gasteiger partial charge is 0.494 e. The number of fused-ring (bicyclic) bond motifs is 1. The highest BCUT2D eigenvalue weighted by atomic mass is 32.1. The normalized spacial score (nSPS) is 18.8. The van der Waals surface area contributed by atoms with Gasteiger partial charge in [-0.1, -0.05) is 0 Å². The van der Waals surface area contributed by atoms with Crippen molar-refractivity contribution in [1.82, 2.24) is 4.90 Å². The number of nitrogens with zero attached hydrogens (tertiary/aromatic N) is 1. The monoisotopic (exact) mass is 418 g/mol. The minimum absolute atomic E-state index is 0.0439. The molecule has 1 fully saturated rings. The number of hydrogen-bond donors (Lipinski definition) is 1. The van der Waals surface area contributed by atoms with E-state index in [2.05, 4.69) is 5.32 Å². The van der Waals surface area contributed by atoms with E-state index in [-0.39, 0.29) is 23.5 Å². The van der Waals surface area contributed by atoms with Crippen molar-refractivity contribution in [3.63, 3.8) is 0 Å². The van der Waals surface area contributed by atoms with Gasteiger partial charge in [-0.05, 0) is 43.0 Å². The Hall–Kier alpha value is -2.45. The van der Waals surface area contributed by atoms with E-state index in [0.29, 0.717) is 44.8 Å². The lowest BCUT2D eigenvalue weighted by atomic mass is 9.87. The Labute approximate surface area is 172 Å². The zero-order valence-corrected chi connectivity index (χ0v) is 17.0. The maximum atomic E-state index is 13.9. The van der Waals surface area contributed by atoms with Gasteiger partial charge in [-0.15, -0.1) is 11.3 Å². The van der Waals surface area contributed by atoms with Gasteiger partial charge in [0.1, 0.15) is 0 Å². The van der Waals surface area contributed by atoms with Crippen LogP contribution in [-0.2, 0) is 22.4 Å². The highest BCUT2D eigenvalue weighted by molar-refractivity contribution is 7.14. The zero-order valence-electron chi connectivity index (χ0n) is 16.2. The number of aryl methyl sites for hydroxylation is 1. The van der Waals surface area contributed by atoms with Crippen molar-refractivity contribution in [2.45, 2.75) is 19.3 Å². The second kappa shape index (κ2) is 8.51. The van der Waals surface area contributed by atoms with Crippen LogP contribution in [0.3, 0.4) is 0 Å². The first-order valence-electron chi connectivity index (χ1n) is 9.68. The minimum atomic E-state index is -0.514. The van der Waals surface area contributed by atoms with Crippen molar-refractivity contribution in [3.8, 4) is 5.75 Å². The van der Waals surface area contributed by atoms with Gasteiger partial charge >= 0.3 is 0 Å². The summed E-state index contributed by atoms with van der Waals surface area (Å²) in [5.74, 6) is -0.662. The summed E-state index contributed by atoms with van der Waals surface area (Å²) in [5, 5.41) is 2.80. The number of methoxy groups -OCH3 is 1. The molecule has 1 unspecified atom stereocenters. The fourth-order valence-electron chi connectivity index (χ4n) is 3.76. The third-order valence-electron chi connectivity index (χ3n) is 5.38. The van der Waals surface area contributed by atoms with Crippen LogP contribution in [0.25, 0.3) is 0 Å². The summed E-state index contributed by atoms with van der Waals surface area (Å²) >= 11 is 1.53. The number of rotatable bonds is 4. The van der Waals surface area contributed by atoms with Crippen LogP contribution in [0.4, 0.5) is 10.1 Å². The van der Waals surface area contributed by atoms with Gasteiger partial charge in [0.15, 0.2) is 11.6 Å². The van der Waals surface area contributed by atoms with Crippen molar-refractivity contribution in [2.75, 3.05) is 38.7 Å². The molecule has 2 heterocycles. The summed E-state index contributed by atoms with van der Waals surface area (Å²) in [4.78, 5) is 29.1. The molecule has 154 valence electrons. The zero-order chi connectivity index (χ0) is 20.4. The Balaban J connectivity index is 1.41. The van der Waals surface area contributed by atoms with Crippen LogP contribution in [0.15, 0.2) is 24.3 Å². The molecular formula is C21H23FN2O4S. The number of anilines is 1. The summed E-state index contributed by atoms with van der Waals surface area (Å²) in [6, 6.07) is 6.31. The third kappa shape index (κ3) is 4.28. The molecule has 1 N–H and O–H groups in total. The summed E-state index contributed by atoms with van der Waals surface area (Å²) in [7, 11) is 1.40. The molecule has 4 rings (SSSR count). The first kappa shape index (κ1) is 19.8. The number of carbonyl (C=O) groups is 2. The first-order chi connectivity index (χ1) is 14.0. The molecule has 0 saturated carbocycles. The predicted octanol–water partition coefficient (Wildman–Crippen LogP) is 3.11. The average Bonchev–Trinajstić information content (AvgIpc) is 3.17. The number of benzene rings is 1. The van der Waals surface area contributed by atoms with E-state index in [4.69, 9.17) is 9.47 Å². The van der Waals surface area contributed by atoms with E-state index < -0.39 is 5.82 Å². The van der Waals surface area contributed by atoms with E-state index in [1.807, 2.05) is 11.0 Å². The molecule has 2 aliphatic rings. The molecule has 29 heavy (non-hydrogen) atoms. The number of ether oxygens (including phenoxy) is 2. The molecule has 1 aromatic carbocycles. The van der Waals surface area contributed by atoms with Crippen molar-refractivity contribution in [1.29, 1.82) is 0 Å². The summed E-state index contributed by atoms with van der Waals surface area (Å²) < 4.78 is 24.1. The molecule has 1 aliphatic carbocycles. The lowest BCUT2D eigenvalue weighted by Gasteiger charge is -2.26. The van der Waals surface area contributed by atoms with Gasteiger partial charge in [0, 0.05) is 35.6 Å². The smallest absolute Gasteiger partial charge is 0.264 e. The Bertz CT molecular complexity index is 923. The SMILES string of the molecule is COc1ccc(NC(=O)C2CCc3sc(C(=O)N4CCOCC4)cc3C2)cc1F. The third-order valence-corrected chi connectivity index (χ3v) is 6.61. The topological polar surface area (TPSA) is 67.9 Å². The van der Waals surface area contributed by atoms with E-state index in [1.165, 1.54) is 35.5 Å². The maximum absolute atomic E-state index is 13.9. The number of halogens is 1. The molecule has 6 nitrogen and oxygen atoms in total. The molecule has 1 aliphatic heterocycles. The van der Waals surface area contributed by atoms with Gasteiger partial charge in [0.2, 0.25) is 5.91 Å². The molecule has 1 aromatic heterocycles. The number of hydrogen-bond acceptors (Lipinski definition) is 5. The Morgan fingerprint density at radius 2 is 2.07 bits per heavy atom. The van der Waals surface area contributed by atoms with Crippen LogP contribution in [0, 0.1) is 11.7 Å². The molecule has 1 atom stereocenters. The minimum Gasteiger partial charge on any atom is -0.494 e. The fourth-order valence-corrected chi connectivity index (χ4v) is 4.94. The molecule has 0 spiro atoms. The lowest BCUT2D eigenvalue weighted by molar-refractivity contribution is -0.120. The number of thiophene rings is 1. The van der Waals surface area contributed by atoms with Crippen LogP contribution in [0.1, 0.15) is 26.5 Å². The van der Waals surface area contributed by atoms with Crippen molar-refractivity contribution < 1.29 is 23.5 Å². The molecule has 1 saturated heterocycles. The van der Waals surface area contributed by atoms with Gasteiger partial charge < -0.3 is 19.7 Å². The van der Waals surface area contributed by atoms with Crippen LogP contribution in [-0.4, -0.2) is 50.1 Å². The Kier molecular flexibility index (Phi) is 5.82. The quantitative estimate of drug-likeness (QED) is 0.829. The van der Waals surface area contributed by atoms with Gasteiger partial charge in [-0.25, -0.2) is 4.39 Å². The second-order valence-electron chi connectivity index (χ2n) is 7.24. The molecule has 8 heteroatoms. The summed E-state index contributed by atoms with van der Waals surface area (Å²) in [6.07, 6.45) is 2.07. The van der Waals surface area contributed by atoms with Crippen LogP contribution in [0.5, 0.6) is 5.75 Å². The molecule has 0 radical (unpaired) electrons. The van der Waals surface area contributed by atoms with E-state index >= 15 is 0 Å². The van der Waals surface area contributed by atoms with Gasteiger partial charge in [0.25, 0.3) is 5.91 Å². The van der Waals surface area contributed by atoms with Crippen LogP contribution < -0.4 is 10.1 Å². The highest BCUT2D eigenvalue weighted by Gasteiger charge is 2.29. The maximum Gasteiger partial charge on any atom is 0.264 e. The molecular weight excluding hydrogens is 395 g/mol. The standard InChI is InChI=1S/C21H23FN2O4S/c1-27-17-4-3-15(12-16(17)22)23-20(25)13-2-5-18-14(10-13)11-19(29-18)21(26)24-6-8-28-9-7-24/h3-4,11-13H,2,5-10H2,1H3,(H,23,25). The number of carbonyl (C=O) groups excluding carboxylic acids is 2. The molecule has 2 aromatic rings. The van der Waals surface area contributed by atoms with Gasteiger partial charge in [-0.3, -0.25) is 9.59 Å². The van der Waals surface area contributed by atoms with Gasteiger partial charge in [0.05, 0.1) is 25.2 Å². The number of amides is 2. The first-order valence-corrected chi connectivity index (χ1v) is 10.5. The molecule has 2 amide bonds. The number of morpholine rings is 1. The highest BCUT2D eigenvalue weighted by Crippen LogP contribution is 2.34. The fraction of sp³-hybridized carbons (Fsp3) is 0.429. The Morgan fingerprint density at radius 1 is 1.28 bits per heavy atom. The van der Waals surface area contributed by atoms with Crippen molar-refractivity contribution in [2.24, 2.45) is 5.92 Å². The van der Waals surface area contributed by atoms with Crippen molar-refractivity contribution >= 4 is 28.8 Å². The van der Waals surface area contributed by atoms with Crippen molar-refractivity contribution in [3.05, 3.63) is 45.4 Å².